The van der Waals surface area contributed by atoms with E-state index in [1.165, 1.54) is 5.57 Å². The van der Waals surface area contributed by atoms with Gasteiger partial charge in [0.05, 0.1) is 0 Å². The van der Waals surface area contributed by atoms with Gasteiger partial charge >= 0.3 is 0 Å². The third-order valence-electron chi connectivity index (χ3n) is 3.30. The summed E-state index contributed by atoms with van der Waals surface area (Å²) in [6, 6.07) is 0. The molecule has 17 heavy (non-hydrogen) atoms. The number of rotatable bonds is 5. The van der Waals surface area contributed by atoms with Crippen LogP contribution in [0.2, 0.25) is 0 Å². The molecule has 0 aliphatic carbocycles. The fourth-order valence-corrected chi connectivity index (χ4v) is 2.00. The summed E-state index contributed by atoms with van der Waals surface area (Å²) >= 11 is 0. The molecule has 0 unspecified atom stereocenters. The van der Waals surface area contributed by atoms with Gasteiger partial charge in [0.25, 0.3) is 0 Å². The second-order valence-corrected chi connectivity index (χ2v) is 6.09. The van der Waals surface area contributed by atoms with Crippen LogP contribution < -0.4 is 0 Å². The molecule has 1 aliphatic heterocycles. The standard InChI is InChI=1S/C15H25NO/c1-6-7-8-13-11-16(14(17)12(13)2)10-9-15(3,4)5/h6H,1,7-11H2,2-5H3. The molecule has 2 nitrogen and oxygen atoms in total. The Kier molecular flexibility index (Phi) is 4.55. The molecule has 2 heteroatoms. The summed E-state index contributed by atoms with van der Waals surface area (Å²) in [5.74, 6) is 0.230. The highest BCUT2D eigenvalue weighted by molar-refractivity contribution is 5.96. The number of hydrogen-bond donors (Lipinski definition) is 0. The largest absolute Gasteiger partial charge is 0.335 e. The van der Waals surface area contributed by atoms with Crippen molar-refractivity contribution >= 4 is 5.91 Å². The SMILES string of the molecule is C=CCCC1=C(C)C(=O)N(CCC(C)(C)C)C1. The first-order chi connectivity index (χ1) is 7.85. The third kappa shape index (κ3) is 4.03. The van der Waals surface area contributed by atoms with Gasteiger partial charge < -0.3 is 4.90 Å². The third-order valence-corrected chi connectivity index (χ3v) is 3.30. The van der Waals surface area contributed by atoms with Crippen LogP contribution in [0.1, 0.15) is 47.0 Å². The molecular formula is C15H25NO. The second-order valence-electron chi connectivity index (χ2n) is 6.09. The first kappa shape index (κ1) is 14.0. The van der Waals surface area contributed by atoms with Crippen molar-refractivity contribution in [3.63, 3.8) is 0 Å². The van der Waals surface area contributed by atoms with Gasteiger partial charge in [0.15, 0.2) is 0 Å². The summed E-state index contributed by atoms with van der Waals surface area (Å²) < 4.78 is 0. The average Bonchev–Trinajstić information content (AvgIpc) is 2.50. The zero-order chi connectivity index (χ0) is 13.1. The molecule has 0 saturated heterocycles. The molecule has 0 N–H and O–H groups in total. The van der Waals surface area contributed by atoms with Crippen molar-refractivity contribution in [2.45, 2.75) is 47.0 Å². The van der Waals surface area contributed by atoms with Gasteiger partial charge in [0.2, 0.25) is 5.91 Å². The highest BCUT2D eigenvalue weighted by atomic mass is 16.2. The summed E-state index contributed by atoms with van der Waals surface area (Å²) in [7, 11) is 0. The van der Waals surface area contributed by atoms with Gasteiger partial charge in [-0.2, -0.15) is 0 Å². The first-order valence-electron chi connectivity index (χ1n) is 6.44. The summed E-state index contributed by atoms with van der Waals surface area (Å²) in [5.41, 5.74) is 2.54. The van der Waals surface area contributed by atoms with E-state index in [2.05, 4.69) is 27.4 Å². The molecule has 0 aromatic rings. The molecule has 0 radical (unpaired) electrons. The van der Waals surface area contributed by atoms with E-state index in [4.69, 9.17) is 0 Å². The Bertz CT molecular complexity index is 333. The quantitative estimate of drug-likeness (QED) is 0.667. The minimum absolute atomic E-state index is 0.230. The lowest BCUT2D eigenvalue weighted by Gasteiger charge is -2.23. The molecule has 96 valence electrons. The monoisotopic (exact) mass is 235 g/mol. The van der Waals surface area contributed by atoms with Gasteiger partial charge in [0, 0.05) is 18.7 Å². The molecule has 0 aromatic heterocycles. The summed E-state index contributed by atoms with van der Waals surface area (Å²) in [6.45, 7) is 14.0. The zero-order valence-corrected chi connectivity index (χ0v) is 11.7. The Balaban J connectivity index is 2.54. The first-order valence-corrected chi connectivity index (χ1v) is 6.44. The van der Waals surface area contributed by atoms with Crippen LogP contribution in [0.15, 0.2) is 23.8 Å². The van der Waals surface area contributed by atoms with Gasteiger partial charge in [-0.1, -0.05) is 26.8 Å². The Morgan fingerprint density at radius 3 is 2.59 bits per heavy atom. The van der Waals surface area contributed by atoms with Crippen molar-refractivity contribution in [3.05, 3.63) is 23.8 Å². The summed E-state index contributed by atoms with van der Waals surface area (Å²) in [5, 5.41) is 0. The Morgan fingerprint density at radius 2 is 2.06 bits per heavy atom. The summed E-state index contributed by atoms with van der Waals surface area (Å²) in [4.78, 5) is 14.0. The fourth-order valence-electron chi connectivity index (χ4n) is 2.00. The van der Waals surface area contributed by atoms with Crippen LogP contribution in [0.25, 0.3) is 0 Å². The summed E-state index contributed by atoms with van der Waals surface area (Å²) in [6.07, 6.45) is 4.92. The topological polar surface area (TPSA) is 20.3 Å². The second kappa shape index (κ2) is 5.52. The fraction of sp³-hybridized carbons (Fsp3) is 0.667. The zero-order valence-electron chi connectivity index (χ0n) is 11.7. The minimum atomic E-state index is 0.230. The van der Waals surface area contributed by atoms with Gasteiger partial charge in [-0.15, -0.1) is 6.58 Å². The minimum Gasteiger partial charge on any atom is -0.335 e. The lowest BCUT2D eigenvalue weighted by atomic mass is 9.92. The van der Waals surface area contributed by atoms with E-state index < -0.39 is 0 Å². The maximum absolute atomic E-state index is 12.0. The lowest BCUT2D eigenvalue weighted by Crippen LogP contribution is -2.30. The maximum atomic E-state index is 12.0. The Labute approximate surface area is 105 Å². The molecule has 0 aromatic carbocycles. The Hall–Kier alpha value is -1.05. The van der Waals surface area contributed by atoms with Crippen molar-refractivity contribution in [2.75, 3.05) is 13.1 Å². The van der Waals surface area contributed by atoms with Crippen LogP contribution in [0.3, 0.4) is 0 Å². The predicted octanol–water partition coefficient (Wildman–Crippen LogP) is 3.55. The van der Waals surface area contributed by atoms with E-state index in [0.717, 1.165) is 37.9 Å². The van der Waals surface area contributed by atoms with Crippen molar-refractivity contribution < 1.29 is 4.79 Å². The van der Waals surface area contributed by atoms with Crippen molar-refractivity contribution in [1.29, 1.82) is 0 Å². The molecule has 0 fully saturated rings. The molecule has 0 spiro atoms. The van der Waals surface area contributed by atoms with Crippen molar-refractivity contribution in [1.82, 2.24) is 4.90 Å². The molecule has 1 rings (SSSR count). The van der Waals surface area contributed by atoms with Gasteiger partial charge in [0.1, 0.15) is 0 Å². The number of hydrogen-bond acceptors (Lipinski definition) is 1. The van der Waals surface area contributed by atoms with Crippen LogP contribution in [-0.2, 0) is 4.79 Å². The molecule has 0 saturated carbocycles. The number of amides is 1. The van der Waals surface area contributed by atoms with Crippen molar-refractivity contribution in [2.24, 2.45) is 5.41 Å². The van der Waals surface area contributed by atoms with E-state index in [1.807, 2.05) is 17.9 Å². The Morgan fingerprint density at radius 1 is 1.41 bits per heavy atom. The van der Waals surface area contributed by atoms with Gasteiger partial charge in [-0.25, -0.2) is 0 Å². The van der Waals surface area contributed by atoms with Crippen LogP contribution >= 0.6 is 0 Å². The highest BCUT2D eigenvalue weighted by Gasteiger charge is 2.27. The van der Waals surface area contributed by atoms with E-state index in [9.17, 15) is 4.79 Å². The molecule has 0 bridgehead atoms. The number of nitrogens with zero attached hydrogens (tertiary/aromatic N) is 1. The lowest BCUT2D eigenvalue weighted by molar-refractivity contribution is -0.125. The normalized spacial score (nSPS) is 16.9. The van der Waals surface area contributed by atoms with Crippen LogP contribution in [0.4, 0.5) is 0 Å². The van der Waals surface area contributed by atoms with E-state index >= 15 is 0 Å². The van der Waals surface area contributed by atoms with Crippen LogP contribution in [-0.4, -0.2) is 23.9 Å². The molecule has 0 atom stereocenters. The van der Waals surface area contributed by atoms with E-state index in [-0.39, 0.29) is 11.3 Å². The maximum Gasteiger partial charge on any atom is 0.249 e. The molecular weight excluding hydrogens is 210 g/mol. The molecule has 1 heterocycles. The van der Waals surface area contributed by atoms with Gasteiger partial charge in [-0.05, 0) is 37.2 Å². The van der Waals surface area contributed by atoms with E-state index in [1.54, 1.807) is 0 Å². The van der Waals surface area contributed by atoms with E-state index in [0.29, 0.717) is 0 Å². The average molecular weight is 235 g/mol. The van der Waals surface area contributed by atoms with Gasteiger partial charge in [-0.3, -0.25) is 4.79 Å². The van der Waals surface area contributed by atoms with Crippen LogP contribution in [0, 0.1) is 5.41 Å². The van der Waals surface area contributed by atoms with Crippen molar-refractivity contribution in [3.8, 4) is 0 Å². The van der Waals surface area contributed by atoms with Crippen LogP contribution in [0.5, 0.6) is 0 Å². The molecule has 1 aliphatic rings. The highest BCUT2D eigenvalue weighted by Crippen LogP contribution is 2.25. The smallest absolute Gasteiger partial charge is 0.249 e. The molecule has 1 amide bonds. The number of carbonyl (C=O) groups is 1. The number of allylic oxidation sites excluding steroid dienone is 1. The predicted molar refractivity (Wildman–Crippen MR) is 72.8 cm³/mol. The number of carbonyl (C=O) groups excluding carboxylic acids is 1.